The van der Waals surface area contributed by atoms with E-state index >= 15 is 0 Å². The van der Waals surface area contributed by atoms with Crippen LogP contribution < -0.4 is 5.32 Å². The van der Waals surface area contributed by atoms with Crippen LogP contribution >= 0.6 is 0 Å². The maximum absolute atomic E-state index is 12.1. The number of anilines is 1. The molecular formula is C18H14N4O3. The molecule has 0 fully saturated rings. The van der Waals surface area contributed by atoms with Gasteiger partial charge < -0.3 is 5.32 Å². The summed E-state index contributed by atoms with van der Waals surface area (Å²) >= 11 is 0. The van der Waals surface area contributed by atoms with Gasteiger partial charge >= 0.3 is 0 Å². The highest BCUT2D eigenvalue weighted by molar-refractivity contribution is 6.03. The van der Waals surface area contributed by atoms with Crippen LogP contribution in [0, 0.1) is 10.1 Å². The number of benzene rings is 2. The predicted molar refractivity (Wildman–Crippen MR) is 94.3 cm³/mol. The Kier molecular flexibility index (Phi) is 4.66. The van der Waals surface area contributed by atoms with Crippen LogP contribution in [0.25, 0.3) is 11.8 Å². The monoisotopic (exact) mass is 334 g/mol. The van der Waals surface area contributed by atoms with Crippen molar-refractivity contribution in [3.63, 3.8) is 0 Å². The molecule has 1 N–H and O–H groups in total. The van der Waals surface area contributed by atoms with E-state index < -0.39 is 4.92 Å². The second kappa shape index (κ2) is 7.22. The summed E-state index contributed by atoms with van der Waals surface area (Å²) in [6, 6.07) is 15.1. The highest BCUT2D eigenvalue weighted by atomic mass is 16.6. The summed E-state index contributed by atoms with van der Waals surface area (Å²) in [7, 11) is 0. The zero-order valence-electron chi connectivity index (χ0n) is 13.1. The highest BCUT2D eigenvalue weighted by Gasteiger charge is 2.06. The van der Waals surface area contributed by atoms with Gasteiger partial charge in [-0.1, -0.05) is 12.1 Å². The molecule has 0 atom stereocenters. The van der Waals surface area contributed by atoms with Gasteiger partial charge in [-0.15, -0.1) is 0 Å². The van der Waals surface area contributed by atoms with Gasteiger partial charge in [0.15, 0.2) is 0 Å². The first-order chi connectivity index (χ1) is 12.1. The molecule has 0 saturated heterocycles. The Morgan fingerprint density at radius 1 is 1.12 bits per heavy atom. The van der Waals surface area contributed by atoms with Gasteiger partial charge in [-0.05, 0) is 42.0 Å². The van der Waals surface area contributed by atoms with Gasteiger partial charge in [0.2, 0.25) is 5.91 Å². The number of carbonyl (C=O) groups is 1. The van der Waals surface area contributed by atoms with Gasteiger partial charge in [0, 0.05) is 30.6 Å². The molecule has 25 heavy (non-hydrogen) atoms. The quantitative estimate of drug-likeness (QED) is 0.440. The molecule has 0 radical (unpaired) electrons. The standard InChI is InChI=1S/C18H14N4O3/c23-18(11-8-14-6-9-15(10-7-14)22(24)25)20-16-4-1-2-5-17(16)21-13-3-12-19-21/h1-13H,(H,20,23). The van der Waals surface area contributed by atoms with E-state index in [0.29, 0.717) is 11.3 Å². The summed E-state index contributed by atoms with van der Waals surface area (Å²) < 4.78 is 1.66. The number of hydrogen-bond acceptors (Lipinski definition) is 4. The number of aromatic nitrogens is 2. The molecule has 1 aromatic heterocycles. The number of nitro benzene ring substituents is 1. The molecule has 0 aliphatic carbocycles. The Morgan fingerprint density at radius 2 is 1.88 bits per heavy atom. The van der Waals surface area contributed by atoms with Crippen LogP contribution in [0.3, 0.4) is 0 Å². The molecule has 0 aliphatic heterocycles. The fourth-order valence-electron chi connectivity index (χ4n) is 2.24. The van der Waals surface area contributed by atoms with Crippen molar-refractivity contribution < 1.29 is 9.72 Å². The van der Waals surface area contributed by atoms with E-state index in [-0.39, 0.29) is 11.6 Å². The van der Waals surface area contributed by atoms with Crippen molar-refractivity contribution in [2.75, 3.05) is 5.32 Å². The van der Waals surface area contributed by atoms with Crippen LogP contribution in [-0.2, 0) is 4.79 Å². The van der Waals surface area contributed by atoms with Crippen LogP contribution in [0.4, 0.5) is 11.4 Å². The first-order valence-electron chi connectivity index (χ1n) is 7.46. The minimum Gasteiger partial charge on any atom is -0.321 e. The van der Waals surface area contributed by atoms with E-state index in [1.54, 1.807) is 47.4 Å². The summed E-state index contributed by atoms with van der Waals surface area (Å²) in [5.41, 5.74) is 2.09. The van der Waals surface area contributed by atoms with Crippen LogP contribution in [0.5, 0.6) is 0 Å². The van der Waals surface area contributed by atoms with E-state index in [4.69, 9.17) is 0 Å². The fraction of sp³-hybridized carbons (Fsp3) is 0. The molecule has 0 unspecified atom stereocenters. The van der Waals surface area contributed by atoms with Crippen molar-refractivity contribution in [2.45, 2.75) is 0 Å². The molecule has 1 heterocycles. The fourth-order valence-corrected chi connectivity index (χ4v) is 2.24. The average molecular weight is 334 g/mol. The van der Waals surface area contributed by atoms with Crippen LogP contribution in [0.1, 0.15) is 5.56 Å². The van der Waals surface area contributed by atoms with Crippen molar-refractivity contribution in [3.05, 3.63) is 88.7 Å². The van der Waals surface area contributed by atoms with Crippen molar-refractivity contribution >= 4 is 23.4 Å². The lowest BCUT2D eigenvalue weighted by Gasteiger charge is -2.09. The molecule has 0 aliphatic rings. The number of hydrogen-bond donors (Lipinski definition) is 1. The zero-order chi connectivity index (χ0) is 17.6. The molecule has 3 rings (SSSR count). The van der Waals surface area contributed by atoms with Gasteiger partial charge in [0.05, 0.1) is 16.3 Å². The lowest BCUT2D eigenvalue weighted by Crippen LogP contribution is -2.10. The Hall–Kier alpha value is -3.74. The maximum Gasteiger partial charge on any atom is 0.269 e. The maximum atomic E-state index is 12.1. The number of nitrogens with zero attached hydrogens (tertiary/aromatic N) is 3. The Balaban J connectivity index is 1.72. The second-order valence-electron chi connectivity index (χ2n) is 5.14. The molecule has 7 nitrogen and oxygen atoms in total. The summed E-state index contributed by atoms with van der Waals surface area (Å²) in [6.07, 6.45) is 6.42. The molecular weight excluding hydrogens is 320 g/mol. The highest BCUT2D eigenvalue weighted by Crippen LogP contribution is 2.19. The lowest BCUT2D eigenvalue weighted by atomic mass is 10.2. The van der Waals surface area contributed by atoms with Crippen molar-refractivity contribution in [1.82, 2.24) is 9.78 Å². The van der Waals surface area contributed by atoms with Gasteiger partial charge in [0.25, 0.3) is 5.69 Å². The zero-order valence-corrected chi connectivity index (χ0v) is 13.1. The third-order valence-electron chi connectivity index (χ3n) is 3.44. The average Bonchev–Trinajstić information content (AvgIpc) is 3.15. The minimum absolute atomic E-state index is 0.00903. The first kappa shape index (κ1) is 16.1. The van der Waals surface area contributed by atoms with Gasteiger partial charge in [-0.25, -0.2) is 4.68 Å². The summed E-state index contributed by atoms with van der Waals surface area (Å²) in [5, 5.41) is 17.6. The third kappa shape index (κ3) is 3.97. The largest absolute Gasteiger partial charge is 0.321 e. The van der Waals surface area contributed by atoms with E-state index in [1.165, 1.54) is 18.2 Å². The number of non-ortho nitro benzene ring substituents is 1. The van der Waals surface area contributed by atoms with Gasteiger partial charge in [-0.2, -0.15) is 5.10 Å². The number of nitrogens with one attached hydrogen (secondary N) is 1. The smallest absolute Gasteiger partial charge is 0.269 e. The van der Waals surface area contributed by atoms with Crippen LogP contribution in [-0.4, -0.2) is 20.6 Å². The van der Waals surface area contributed by atoms with E-state index in [1.807, 2.05) is 18.2 Å². The number of para-hydroxylation sites is 2. The first-order valence-corrected chi connectivity index (χ1v) is 7.46. The molecule has 0 saturated carbocycles. The number of rotatable bonds is 5. The topological polar surface area (TPSA) is 90.1 Å². The Morgan fingerprint density at radius 3 is 2.56 bits per heavy atom. The minimum atomic E-state index is -0.466. The summed E-state index contributed by atoms with van der Waals surface area (Å²) in [5.74, 6) is -0.307. The number of carbonyl (C=O) groups excluding carboxylic acids is 1. The molecule has 0 spiro atoms. The number of nitro groups is 1. The third-order valence-corrected chi connectivity index (χ3v) is 3.44. The molecule has 124 valence electrons. The molecule has 1 amide bonds. The van der Waals surface area contributed by atoms with Crippen molar-refractivity contribution in [3.8, 4) is 5.69 Å². The molecule has 2 aromatic carbocycles. The van der Waals surface area contributed by atoms with E-state index in [0.717, 1.165) is 5.69 Å². The number of amides is 1. The molecule has 3 aromatic rings. The lowest BCUT2D eigenvalue weighted by molar-refractivity contribution is -0.384. The van der Waals surface area contributed by atoms with Gasteiger partial charge in [0.1, 0.15) is 0 Å². The molecule has 7 heteroatoms. The summed E-state index contributed by atoms with van der Waals surface area (Å²) in [4.78, 5) is 22.3. The Labute approximate surface area is 143 Å². The van der Waals surface area contributed by atoms with E-state index in [2.05, 4.69) is 10.4 Å². The van der Waals surface area contributed by atoms with Crippen molar-refractivity contribution in [2.24, 2.45) is 0 Å². The predicted octanol–water partition coefficient (Wildman–Crippen LogP) is 3.43. The van der Waals surface area contributed by atoms with Crippen LogP contribution in [0.15, 0.2) is 73.1 Å². The normalized spacial score (nSPS) is 10.7. The second-order valence-corrected chi connectivity index (χ2v) is 5.14. The van der Waals surface area contributed by atoms with Crippen molar-refractivity contribution in [1.29, 1.82) is 0 Å². The van der Waals surface area contributed by atoms with Gasteiger partial charge in [-0.3, -0.25) is 14.9 Å². The molecule has 0 bridgehead atoms. The Bertz CT molecular complexity index is 916. The van der Waals surface area contributed by atoms with Crippen LogP contribution in [0.2, 0.25) is 0 Å². The SMILES string of the molecule is O=C(C=Cc1ccc([N+](=O)[O-])cc1)Nc1ccccc1-n1cccn1. The van der Waals surface area contributed by atoms with E-state index in [9.17, 15) is 14.9 Å². The summed E-state index contributed by atoms with van der Waals surface area (Å²) in [6.45, 7) is 0.